The van der Waals surface area contributed by atoms with Crippen LogP contribution >= 0.6 is 0 Å². The van der Waals surface area contributed by atoms with Gasteiger partial charge in [-0.15, -0.1) is 0 Å². The minimum absolute atomic E-state index is 0.102. The Morgan fingerprint density at radius 3 is 2.48 bits per heavy atom. The van der Waals surface area contributed by atoms with Gasteiger partial charge in [-0.25, -0.2) is 9.18 Å². The van der Waals surface area contributed by atoms with Crippen LogP contribution in [-0.2, 0) is 16.1 Å². The molecular formula is C17H23FN2O3. The van der Waals surface area contributed by atoms with Gasteiger partial charge in [0.15, 0.2) is 6.17 Å². The smallest absolute Gasteiger partial charge is 0.412 e. The SMILES string of the molecule is C[C@H]1[C@H](F)C(=O)N[C@@H](C(C)(C)C)N1C(=O)OCc1ccccc1. The number of nitrogens with one attached hydrogen (secondary N) is 1. The molecule has 0 radical (unpaired) electrons. The van der Waals surface area contributed by atoms with Crippen LogP contribution in [0, 0.1) is 5.41 Å². The number of benzene rings is 1. The van der Waals surface area contributed by atoms with Gasteiger partial charge in [0.1, 0.15) is 12.8 Å². The zero-order chi connectivity index (χ0) is 17.2. The molecule has 1 aliphatic heterocycles. The first kappa shape index (κ1) is 17.2. The maximum Gasteiger partial charge on any atom is 0.412 e. The van der Waals surface area contributed by atoms with E-state index < -0.39 is 35.8 Å². The molecule has 3 atom stereocenters. The fourth-order valence-corrected chi connectivity index (χ4v) is 2.58. The number of carbonyl (C=O) groups is 2. The highest BCUT2D eigenvalue weighted by Crippen LogP contribution is 2.29. The lowest BCUT2D eigenvalue weighted by atomic mass is 9.88. The molecular weight excluding hydrogens is 299 g/mol. The molecule has 2 amide bonds. The lowest BCUT2D eigenvalue weighted by Gasteiger charge is -2.46. The second-order valence-electron chi connectivity index (χ2n) is 6.87. The van der Waals surface area contributed by atoms with Crippen molar-refractivity contribution < 1.29 is 18.7 Å². The average Bonchev–Trinajstić information content (AvgIpc) is 2.50. The van der Waals surface area contributed by atoms with Crippen LogP contribution in [0.3, 0.4) is 0 Å². The lowest BCUT2D eigenvalue weighted by Crippen LogP contribution is -2.68. The van der Waals surface area contributed by atoms with Crippen LogP contribution in [0.1, 0.15) is 33.3 Å². The maximum atomic E-state index is 14.0. The van der Waals surface area contributed by atoms with Crippen molar-refractivity contribution in [3.05, 3.63) is 35.9 Å². The molecule has 0 bridgehead atoms. The van der Waals surface area contributed by atoms with Crippen molar-refractivity contribution in [2.75, 3.05) is 0 Å². The lowest BCUT2D eigenvalue weighted by molar-refractivity contribution is -0.139. The second-order valence-corrected chi connectivity index (χ2v) is 6.87. The molecule has 1 fully saturated rings. The monoisotopic (exact) mass is 322 g/mol. The minimum atomic E-state index is -1.77. The van der Waals surface area contributed by atoms with Gasteiger partial charge in [0, 0.05) is 5.41 Å². The predicted molar refractivity (Wildman–Crippen MR) is 84.2 cm³/mol. The summed E-state index contributed by atoms with van der Waals surface area (Å²) in [4.78, 5) is 25.5. The molecule has 1 aliphatic rings. The number of halogens is 1. The minimum Gasteiger partial charge on any atom is -0.444 e. The van der Waals surface area contributed by atoms with Gasteiger partial charge in [-0.1, -0.05) is 51.1 Å². The first-order valence-corrected chi connectivity index (χ1v) is 7.65. The number of amides is 2. The Morgan fingerprint density at radius 2 is 1.91 bits per heavy atom. The van der Waals surface area contributed by atoms with E-state index in [2.05, 4.69) is 5.32 Å². The topological polar surface area (TPSA) is 58.6 Å². The number of hydrogen-bond donors (Lipinski definition) is 1. The Morgan fingerprint density at radius 1 is 1.30 bits per heavy atom. The van der Waals surface area contributed by atoms with Crippen molar-refractivity contribution in [2.24, 2.45) is 5.41 Å². The first-order chi connectivity index (χ1) is 10.7. The van der Waals surface area contributed by atoms with Gasteiger partial charge in [-0.05, 0) is 12.5 Å². The highest BCUT2D eigenvalue weighted by atomic mass is 19.1. The first-order valence-electron chi connectivity index (χ1n) is 7.65. The van der Waals surface area contributed by atoms with Crippen LogP contribution < -0.4 is 5.32 Å². The second kappa shape index (κ2) is 6.56. The normalized spacial score (nSPS) is 25.0. The summed E-state index contributed by atoms with van der Waals surface area (Å²) in [6.07, 6.45) is -3.03. The largest absolute Gasteiger partial charge is 0.444 e. The molecule has 2 rings (SSSR count). The number of ether oxygens (including phenoxy) is 1. The highest BCUT2D eigenvalue weighted by molar-refractivity contribution is 5.84. The molecule has 6 heteroatoms. The standard InChI is InChI=1S/C17H23FN2O3/c1-11-13(18)14(21)19-15(17(2,3)4)20(11)16(22)23-10-12-8-6-5-7-9-12/h5-9,11,13,15H,10H2,1-4H3,(H,19,21)/t11-,13-,15+/m0/s1. The van der Waals surface area contributed by atoms with Crippen molar-refractivity contribution in [2.45, 2.75) is 52.7 Å². The van der Waals surface area contributed by atoms with Gasteiger partial charge in [0.25, 0.3) is 5.91 Å². The van der Waals surface area contributed by atoms with E-state index in [0.717, 1.165) is 5.56 Å². The summed E-state index contributed by atoms with van der Waals surface area (Å²) in [5.74, 6) is -0.690. The van der Waals surface area contributed by atoms with Crippen LogP contribution in [0.2, 0.25) is 0 Å². The molecule has 0 aromatic heterocycles. The maximum absolute atomic E-state index is 14.0. The Hall–Kier alpha value is -2.11. The summed E-state index contributed by atoms with van der Waals surface area (Å²) in [6.45, 7) is 7.25. The van der Waals surface area contributed by atoms with E-state index in [0.29, 0.717) is 0 Å². The molecule has 0 spiro atoms. The molecule has 1 aromatic carbocycles. The van der Waals surface area contributed by atoms with Crippen molar-refractivity contribution in [1.82, 2.24) is 10.2 Å². The molecule has 1 heterocycles. The van der Waals surface area contributed by atoms with Crippen LogP contribution in [0.25, 0.3) is 0 Å². The average molecular weight is 322 g/mol. The van der Waals surface area contributed by atoms with E-state index in [1.165, 1.54) is 11.8 Å². The molecule has 1 aromatic rings. The number of nitrogens with zero attached hydrogens (tertiary/aromatic N) is 1. The Balaban J connectivity index is 2.15. The summed E-state index contributed by atoms with van der Waals surface area (Å²) in [7, 11) is 0. The zero-order valence-corrected chi connectivity index (χ0v) is 13.9. The van der Waals surface area contributed by atoms with Gasteiger partial charge < -0.3 is 10.1 Å². The third-order valence-electron chi connectivity index (χ3n) is 3.91. The molecule has 1 N–H and O–H groups in total. The summed E-state index contributed by atoms with van der Waals surface area (Å²) >= 11 is 0. The van der Waals surface area contributed by atoms with Crippen LogP contribution in [0.5, 0.6) is 0 Å². The van der Waals surface area contributed by atoms with Crippen molar-refractivity contribution in [3.8, 4) is 0 Å². The number of hydrogen-bond acceptors (Lipinski definition) is 3. The molecule has 126 valence electrons. The van der Waals surface area contributed by atoms with Crippen LogP contribution in [0.4, 0.5) is 9.18 Å². The Labute approximate surface area is 135 Å². The van der Waals surface area contributed by atoms with E-state index in [1.807, 2.05) is 51.1 Å². The third-order valence-corrected chi connectivity index (χ3v) is 3.91. The molecule has 1 saturated heterocycles. The quantitative estimate of drug-likeness (QED) is 0.911. The van der Waals surface area contributed by atoms with E-state index in [4.69, 9.17) is 4.74 Å². The highest BCUT2D eigenvalue weighted by Gasteiger charge is 2.47. The number of rotatable bonds is 2. The van der Waals surface area contributed by atoms with Crippen LogP contribution in [-0.4, -0.2) is 35.3 Å². The zero-order valence-electron chi connectivity index (χ0n) is 13.9. The van der Waals surface area contributed by atoms with Gasteiger partial charge >= 0.3 is 6.09 Å². The molecule has 5 nitrogen and oxygen atoms in total. The van der Waals surface area contributed by atoms with Crippen molar-refractivity contribution >= 4 is 12.0 Å². The fourth-order valence-electron chi connectivity index (χ4n) is 2.58. The Bertz CT molecular complexity index is 571. The van der Waals surface area contributed by atoms with Crippen LogP contribution in [0.15, 0.2) is 30.3 Å². The van der Waals surface area contributed by atoms with Crippen molar-refractivity contribution in [1.29, 1.82) is 0 Å². The summed E-state index contributed by atoms with van der Waals surface area (Å²) in [6, 6.07) is 8.38. The van der Waals surface area contributed by atoms with Gasteiger partial charge in [0.05, 0.1) is 6.04 Å². The predicted octanol–water partition coefficient (Wildman–Crippen LogP) is 2.85. The third kappa shape index (κ3) is 3.81. The van der Waals surface area contributed by atoms with E-state index in [1.54, 1.807) is 0 Å². The summed E-state index contributed by atoms with van der Waals surface area (Å²) < 4.78 is 19.4. The summed E-state index contributed by atoms with van der Waals surface area (Å²) in [5.41, 5.74) is 0.397. The number of alkyl halides is 1. The van der Waals surface area contributed by atoms with Gasteiger partial charge in [-0.3, -0.25) is 9.69 Å². The van der Waals surface area contributed by atoms with Gasteiger partial charge in [0.2, 0.25) is 0 Å². The van der Waals surface area contributed by atoms with Crippen molar-refractivity contribution in [3.63, 3.8) is 0 Å². The molecule has 23 heavy (non-hydrogen) atoms. The molecule has 0 saturated carbocycles. The Kier molecular flexibility index (Phi) is 4.92. The van der Waals surface area contributed by atoms with E-state index >= 15 is 0 Å². The van der Waals surface area contributed by atoms with E-state index in [9.17, 15) is 14.0 Å². The van der Waals surface area contributed by atoms with E-state index in [-0.39, 0.29) is 6.61 Å². The molecule has 0 aliphatic carbocycles. The molecule has 0 unspecified atom stereocenters. The van der Waals surface area contributed by atoms with Gasteiger partial charge in [-0.2, -0.15) is 0 Å². The number of carbonyl (C=O) groups excluding carboxylic acids is 2. The fraction of sp³-hybridized carbons (Fsp3) is 0.529. The summed E-state index contributed by atoms with van der Waals surface area (Å²) in [5, 5.41) is 2.58.